The van der Waals surface area contributed by atoms with Gasteiger partial charge in [-0.25, -0.2) is 0 Å². The summed E-state index contributed by atoms with van der Waals surface area (Å²) in [7, 11) is 0. The van der Waals surface area contributed by atoms with E-state index in [1.54, 1.807) is 17.8 Å². The number of rotatable bonds is 3. The standard InChI is InChI=1S/C12H14N2OS/c1-8-3-4-9(2)11(5-8)16-7-10-6-12(15)14-13-10/h3-6H,7H2,1-2H3,(H2,13,14,15). The summed E-state index contributed by atoms with van der Waals surface area (Å²) in [5.41, 5.74) is 3.39. The fourth-order valence-electron chi connectivity index (χ4n) is 1.47. The van der Waals surface area contributed by atoms with E-state index >= 15 is 0 Å². The summed E-state index contributed by atoms with van der Waals surface area (Å²) in [6, 6.07) is 8.00. The van der Waals surface area contributed by atoms with Gasteiger partial charge in [0.1, 0.15) is 0 Å². The highest BCUT2D eigenvalue weighted by Gasteiger charge is 2.02. The molecule has 4 heteroatoms. The van der Waals surface area contributed by atoms with Crippen molar-refractivity contribution >= 4 is 11.8 Å². The van der Waals surface area contributed by atoms with Gasteiger partial charge in [-0.15, -0.1) is 11.8 Å². The predicted octanol–water partition coefficient (Wildman–Crippen LogP) is 2.61. The normalized spacial score (nSPS) is 10.6. The van der Waals surface area contributed by atoms with Crippen LogP contribution in [0, 0.1) is 13.8 Å². The summed E-state index contributed by atoms with van der Waals surface area (Å²) in [4.78, 5) is 12.2. The molecule has 0 aliphatic rings. The van der Waals surface area contributed by atoms with Crippen LogP contribution < -0.4 is 5.56 Å². The van der Waals surface area contributed by atoms with Crippen LogP contribution in [0.5, 0.6) is 0 Å². The zero-order valence-electron chi connectivity index (χ0n) is 9.33. The van der Waals surface area contributed by atoms with Crippen LogP contribution in [0.1, 0.15) is 16.8 Å². The summed E-state index contributed by atoms with van der Waals surface area (Å²) in [5, 5.41) is 5.39. The van der Waals surface area contributed by atoms with Crippen molar-refractivity contribution in [3.63, 3.8) is 0 Å². The number of benzene rings is 1. The quantitative estimate of drug-likeness (QED) is 0.802. The molecular weight excluding hydrogens is 220 g/mol. The Morgan fingerprint density at radius 2 is 2.00 bits per heavy atom. The van der Waals surface area contributed by atoms with Gasteiger partial charge in [0.05, 0.1) is 0 Å². The summed E-state index contributed by atoms with van der Waals surface area (Å²) < 4.78 is 0. The van der Waals surface area contributed by atoms with E-state index in [1.165, 1.54) is 16.0 Å². The number of aryl methyl sites for hydroxylation is 2. The maximum atomic E-state index is 10.9. The minimum Gasteiger partial charge on any atom is -0.301 e. The molecule has 1 aromatic carbocycles. The lowest BCUT2D eigenvalue weighted by atomic mass is 10.2. The summed E-state index contributed by atoms with van der Waals surface area (Å²) in [5.74, 6) is 0.781. The van der Waals surface area contributed by atoms with Crippen LogP contribution >= 0.6 is 11.8 Å². The average molecular weight is 234 g/mol. The Bertz CT molecular complexity index is 542. The number of hydrogen-bond donors (Lipinski definition) is 2. The zero-order chi connectivity index (χ0) is 11.5. The van der Waals surface area contributed by atoms with Gasteiger partial charge >= 0.3 is 0 Å². The van der Waals surface area contributed by atoms with Crippen molar-refractivity contribution in [3.8, 4) is 0 Å². The summed E-state index contributed by atoms with van der Waals surface area (Å²) >= 11 is 1.74. The molecule has 0 saturated carbocycles. The first kappa shape index (κ1) is 11.1. The van der Waals surface area contributed by atoms with E-state index < -0.39 is 0 Å². The third kappa shape index (κ3) is 2.58. The molecular formula is C12H14N2OS. The van der Waals surface area contributed by atoms with Gasteiger partial charge in [0.2, 0.25) is 0 Å². The van der Waals surface area contributed by atoms with Crippen molar-refractivity contribution < 1.29 is 0 Å². The van der Waals surface area contributed by atoms with Crippen LogP contribution in [0.25, 0.3) is 0 Å². The molecule has 0 amide bonds. The van der Waals surface area contributed by atoms with Crippen molar-refractivity contribution in [1.29, 1.82) is 0 Å². The van der Waals surface area contributed by atoms with Gasteiger partial charge < -0.3 is 5.10 Å². The van der Waals surface area contributed by atoms with Crippen LogP contribution in [-0.2, 0) is 5.75 Å². The van der Waals surface area contributed by atoms with Crippen LogP contribution in [0.3, 0.4) is 0 Å². The van der Waals surface area contributed by atoms with E-state index in [1.807, 2.05) is 0 Å². The second-order valence-corrected chi connectivity index (χ2v) is 4.86. The van der Waals surface area contributed by atoms with E-state index in [0.717, 1.165) is 11.4 Å². The fraction of sp³-hybridized carbons (Fsp3) is 0.250. The number of aromatic nitrogens is 2. The molecule has 16 heavy (non-hydrogen) atoms. The molecule has 2 N–H and O–H groups in total. The van der Waals surface area contributed by atoms with Gasteiger partial charge in [0, 0.05) is 22.4 Å². The molecule has 1 aromatic heterocycles. The van der Waals surface area contributed by atoms with E-state index in [4.69, 9.17) is 0 Å². The summed E-state index contributed by atoms with van der Waals surface area (Å²) in [6.07, 6.45) is 0. The van der Waals surface area contributed by atoms with E-state index in [2.05, 4.69) is 42.2 Å². The molecule has 0 spiro atoms. The monoisotopic (exact) mass is 234 g/mol. The zero-order valence-corrected chi connectivity index (χ0v) is 10.1. The van der Waals surface area contributed by atoms with Crippen LogP contribution in [0.15, 0.2) is 34.0 Å². The maximum Gasteiger partial charge on any atom is 0.264 e. The highest BCUT2D eigenvalue weighted by atomic mass is 32.2. The lowest BCUT2D eigenvalue weighted by molar-refractivity contribution is 1.01. The molecule has 0 atom stereocenters. The third-order valence-corrected chi connectivity index (χ3v) is 3.58. The molecule has 3 nitrogen and oxygen atoms in total. The van der Waals surface area contributed by atoms with Crippen molar-refractivity contribution in [2.45, 2.75) is 24.5 Å². The van der Waals surface area contributed by atoms with E-state index in [0.29, 0.717) is 0 Å². The van der Waals surface area contributed by atoms with Crippen molar-refractivity contribution in [2.24, 2.45) is 0 Å². The average Bonchev–Trinajstić information content (AvgIpc) is 2.66. The second kappa shape index (κ2) is 4.61. The number of aromatic amines is 2. The first-order chi connectivity index (χ1) is 7.65. The van der Waals surface area contributed by atoms with Crippen molar-refractivity contribution in [1.82, 2.24) is 10.2 Å². The molecule has 0 bridgehead atoms. The summed E-state index contributed by atoms with van der Waals surface area (Å²) in [6.45, 7) is 4.18. The van der Waals surface area contributed by atoms with Gasteiger partial charge in [0.15, 0.2) is 0 Å². The van der Waals surface area contributed by atoms with Crippen LogP contribution in [0.2, 0.25) is 0 Å². The fourth-order valence-corrected chi connectivity index (χ4v) is 2.50. The van der Waals surface area contributed by atoms with Gasteiger partial charge in [-0.05, 0) is 25.5 Å². The number of H-pyrrole nitrogens is 2. The van der Waals surface area contributed by atoms with Crippen LogP contribution in [0.4, 0.5) is 0 Å². The highest BCUT2D eigenvalue weighted by Crippen LogP contribution is 2.25. The van der Waals surface area contributed by atoms with Gasteiger partial charge in [-0.3, -0.25) is 9.89 Å². The topological polar surface area (TPSA) is 48.6 Å². The Hall–Kier alpha value is -1.42. The molecule has 0 aliphatic carbocycles. The molecule has 0 aliphatic heterocycles. The molecule has 2 rings (SSSR count). The Morgan fingerprint density at radius 1 is 1.19 bits per heavy atom. The van der Waals surface area contributed by atoms with E-state index in [-0.39, 0.29) is 5.56 Å². The lowest BCUT2D eigenvalue weighted by Gasteiger charge is -2.05. The third-order valence-electron chi connectivity index (χ3n) is 2.38. The largest absolute Gasteiger partial charge is 0.301 e. The molecule has 0 fully saturated rings. The second-order valence-electron chi connectivity index (χ2n) is 3.84. The Labute approximate surface area is 98.3 Å². The number of nitrogens with one attached hydrogen (secondary N) is 2. The van der Waals surface area contributed by atoms with E-state index in [9.17, 15) is 4.79 Å². The predicted molar refractivity (Wildman–Crippen MR) is 66.9 cm³/mol. The Morgan fingerprint density at radius 3 is 2.69 bits per heavy atom. The van der Waals surface area contributed by atoms with Crippen molar-refractivity contribution in [3.05, 3.63) is 51.4 Å². The first-order valence-electron chi connectivity index (χ1n) is 5.12. The minimum absolute atomic E-state index is 0.0726. The number of hydrogen-bond acceptors (Lipinski definition) is 2. The van der Waals surface area contributed by atoms with Gasteiger partial charge in [-0.1, -0.05) is 17.7 Å². The molecule has 84 valence electrons. The first-order valence-corrected chi connectivity index (χ1v) is 6.10. The Balaban J connectivity index is 2.10. The number of thioether (sulfide) groups is 1. The van der Waals surface area contributed by atoms with Gasteiger partial charge in [-0.2, -0.15) is 0 Å². The Kier molecular flexibility index (Phi) is 3.19. The molecule has 1 heterocycles. The van der Waals surface area contributed by atoms with Gasteiger partial charge in [0.25, 0.3) is 5.56 Å². The SMILES string of the molecule is Cc1ccc(C)c(SCc2cc(=O)[nH][nH]2)c1. The maximum absolute atomic E-state index is 10.9. The molecule has 2 aromatic rings. The smallest absolute Gasteiger partial charge is 0.264 e. The molecule has 0 unspecified atom stereocenters. The van der Waals surface area contributed by atoms with Crippen LogP contribution in [-0.4, -0.2) is 10.2 Å². The molecule has 0 radical (unpaired) electrons. The lowest BCUT2D eigenvalue weighted by Crippen LogP contribution is -1.93. The minimum atomic E-state index is -0.0726. The van der Waals surface area contributed by atoms with Crippen molar-refractivity contribution in [2.75, 3.05) is 0 Å². The molecule has 0 saturated heterocycles. The highest BCUT2D eigenvalue weighted by molar-refractivity contribution is 7.98.